The fourth-order valence-corrected chi connectivity index (χ4v) is 7.19. The maximum absolute atomic E-state index is 6.05. The quantitative estimate of drug-likeness (QED) is 0.169. The van der Waals surface area contributed by atoms with Gasteiger partial charge < -0.3 is 28.4 Å². The van der Waals surface area contributed by atoms with Gasteiger partial charge >= 0.3 is 0 Å². The van der Waals surface area contributed by atoms with Crippen LogP contribution in [0.1, 0.15) is 45.6 Å². The minimum atomic E-state index is -0.00941. The van der Waals surface area contributed by atoms with E-state index in [1.807, 2.05) is 48.2 Å². The molecular formula is C35H38O6S. The lowest BCUT2D eigenvalue weighted by molar-refractivity contribution is 0.388. The zero-order valence-electron chi connectivity index (χ0n) is 25.0. The van der Waals surface area contributed by atoms with Crippen molar-refractivity contribution in [1.29, 1.82) is 0 Å². The van der Waals surface area contributed by atoms with Crippen molar-refractivity contribution in [1.82, 2.24) is 0 Å². The van der Waals surface area contributed by atoms with Crippen molar-refractivity contribution in [2.24, 2.45) is 0 Å². The number of fused-ring (bicyclic) bond motifs is 1. The van der Waals surface area contributed by atoms with Crippen LogP contribution in [-0.2, 0) is 5.75 Å². The maximum Gasteiger partial charge on any atom is 0.126 e. The standard InChI is InChI=1S/C35H38O6S/c1-36-25-11-7-22(8-12-25)20-42-21-31-30-18-29(40-5)19-32(41-6)35(30)34(24-15-27(38-3)17-28(16-24)39-4)33(31)23-9-13-26(37-2)14-10-23/h7-19,31,33-34H,20-21H2,1-6H3/t31?,33-,34+/m0/s1. The van der Waals surface area contributed by atoms with Crippen LogP contribution >= 0.6 is 11.8 Å². The van der Waals surface area contributed by atoms with Crippen molar-refractivity contribution in [3.63, 3.8) is 0 Å². The molecule has 6 nitrogen and oxygen atoms in total. The molecule has 0 N–H and O–H groups in total. The molecule has 0 amide bonds. The Morgan fingerprint density at radius 1 is 0.548 bits per heavy atom. The summed E-state index contributed by atoms with van der Waals surface area (Å²) in [5.41, 5.74) is 6.01. The summed E-state index contributed by atoms with van der Waals surface area (Å²) in [5.74, 6) is 6.90. The third kappa shape index (κ3) is 5.97. The molecule has 42 heavy (non-hydrogen) atoms. The average Bonchev–Trinajstić information content (AvgIpc) is 3.38. The number of hydrogen-bond acceptors (Lipinski definition) is 7. The maximum atomic E-state index is 6.05. The van der Waals surface area contributed by atoms with Gasteiger partial charge in [0, 0.05) is 47.0 Å². The van der Waals surface area contributed by atoms with Gasteiger partial charge in [-0.05, 0) is 64.7 Å². The lowest BCUT2D eigenvalue weighted by Gasteiger charge is -2.27. The number of rotatable bonds is 12. The van der Waals surface area contributed by atoms with E-state index in [1.165, 1.54) is 22.3 Å². The second-order valence-electron chi connectivity index (χ2n) is 10.2. The fraction of sp³-hybridized carbons (Fsp3) is 0.314. The van der Waals surface area contributed by atoms with Crippen LogP contribution in [-0.4, -0.2) is 48.4 Å². The normalized spacial score (nSPS) is 17.3. The first kappa shape index (κ1) is 29.5. The number of benzene rings is 4. The van der Waals surface area contributed by atoms with Crippen molar-refractivity contribution in [2.45, 2.75) is 23.5 Å². The third-order valence-corrected chi connectivity index (χ3v) is 9.20. The summed E-state index contributed by atoms with van der Waals surface area (Å²) in [4.78, 5) is 0. The van der Waals surface area contributed by atoms with Gasteiger partial charge in [0.1, 0.15) is 34.5 Å². The van der Waals surface area contributed by atoms with E-state index in [-0.39, 0.29) is 17.8 Å². The molecule has 0 bridgehead atoms. The molecule has 4 aromatic carbocycles. The minimum Gasteiger partial charge on any atom is -0.497 e. The molecule has 4 aromatic rings. The summed E-state index contributed by atoms with van der Waals surface area (Å²) in [5, 5.41) is 0. The fourth-order valence-electron chi connectivity index (χ4n) is 6.01. The Bertz CT molecular complexity index is 1460. The highest BCUT2D eigenvalue weighted by molar-refractivity contribution is 7.98. The smallest absolute Gasteiger partial charge is 0.126 e. The van der Waals surface area contributed by atoms with Gasteiger partial charge in [-0.3, -0.25) is 0 Å². The predicted molar refractivity (Wildman–Crippen MR) is 169 cm³/mol. The summed E-state index contributed by atoms with van der Waals surface area (Å²) in [6.45, 7) is 0. The Kier molecular flexibility index (Phi) is 9.38. The molecule has 7 heteroatoms. The van der Waals surface area contributed by atoms with Gasteiger partial charge in [-0.15, -0.1) is 0 Å². The molecule has 220 valence electrons. The van der Waals surface area contributed by atoms with E-state index in [2.05, 4.69) is 42.5 Å². The molecule has 0 aliphatic heterocycles. The number of ether oxygens (including phenoxy) is 6. The Hall–Kier alpha value is -3.97. The SMILES string of the molecule is COc1ccc(CSCC2c3cc(OC)cc(OC)c3[C@H](c3cc(OC)cc(OC)c3)[C@H]2c2ccc(OC)cc2)cc1. The highest BCUT2D eigenvalue weighted by Crippen LogP contribution is 2.59. The van der Waals surface area contributed by atoms with Crippen LogP contribution in [0.2, 0.25) is 0 Å². The molecule has 0 spiro atoms. The zero-order chi connectivity index (χ0) is 29.6. The van der Waals surface area contributed by atoms with Crippen molar-refractivity contribution in [3.8, 4) is 34.5 Å². The van der Waals surface area contributed by atoms with Crippen LogP contribution in [0, 0.1) is 0 Å². The average molecular weight is 587 g/mol. The van der Waals surface area contributed by atoms with E-state index in [4.69, 9.17) is 28.4 Å². The molecule has 1 unspecified atom stereocenters. The van der Waals surface area contributed by atoms with Gasteiger partial charge in [0.2, 0.25) is 0 Å². The zero-order valence-corrected chi connectivity index (χ0v) is 25.8. The highest BCUT2D eigenvalue weighted by Gasteiger charge is 2.45. The van der Waals surface area contributed by atoms with E-state index < -0.39 is 0 Å². The van der Waals surface area contributed by atoms with Crippen molar-refractivity contribution in [3.05, 3.63) is 107 Å². The summed E-state index contributed by atoms with van der Waals surface area (Å²) >= 11 is 1.93. The molecule has 0 aromatic heterocycles. The molecular weight excluding hydrogens is 548 g/mol. The summed E-state index contributed by atoms with van der Waals surface area (Å²) in [7, 11) is 10.2. The number of thioether (sulfide) groups is 1. The number of hydrogen-bond donors (Lipinski definition) is 0. The largest absolute Gasteiger partial charge is 0.497 e. The monoisotopic (exact) mass is 586 g/mol. The molecule has 0 saturated carbocycles. The minimum absolute atomic E-state index is 0.00941. The first-order valence-corrected chi connectivity index (χ1v) is 15.0. The van der Waals surface area contributed by atoms with Crippen molar-refractivity contribution < 1.29 is 28.4 Å². The van der Waals surface area contributed by atoms with Crippen LogP contribution in [0.3, 0.4) is 0 Å². The van der Waals surface area contributed by atoms with Gasteiger partial charge in [0.15, 0.2) is 0 Å². The van der Waals surface area contributed by atoms with Crippen LogP contribution in [0.4, 0.5) is 0 Å². The van der Waals surface area contributed by atoms with E-state index in [9.17, 15) is 0 Å². The summed E-state index contributed by atoms with van der Waals surface area (Å²) in [6.07, 6.45) is 0. The van der Waals surface area contributed by atoms with Gasteiger partial charge in [0.25, 0.3) is 0 Å². The molecule has 1 aliphatic carbocycles. The van der Waals surface area contributed by atoms with Gasteiger partial charge in [-0.2, -0.15) is 11.8 Å². The molecule has 0 heterocycles. The summed E-state index contributed by atoms with van der Waals surface area (Å²) in [6, 6.07) is 27.1. The second-order valence-corrected chi connectivity index (χ2v) is 11.3. The predicted octanol–water partition coefficient (Wildman–Crippen LogP) is 7.68. The molecule has 0 fully saturated rings. The third-order valence-electron chi connectivity index (χ3n) is 8.07. The van der Waals surface area contributed by atoms with E-state index in [0.29, 0.717) is 0 Å². The van der Waals surface area contributed by atoms with Crippen LogP contribution in [0.15, 0.2) is 78.9 Å². The summed E-state index contributed by atoms with van der Waals surface area (Å²) < 4.78 is 34.1. The lowest BCUT2D eigenvalue weighted by Crippen LogP contribution is -2.14. The van der Waals surface area contributed by atoms with E-state index in [0.717, 1.165) is 51.6 Å². The molecule has 3 atom stereocenters. The number of methoxy groups -OCH3 is 6. The van der Waals surface area contributed by atoms with Crippen LogP contribution in [0.25, 0.3) is 0 Å². The van der Waals surface area contributed by atoms with E-state index in [1.54, 1.807) is 42.7 Å². The first-order chi connectivity index (χ1) is 20.5. The Morgan fingerprint density at radius 3 is 1.64 bits per heavy atom. The van der Waals surface area contributed by atoms with Crippen molar-refractivity contribution in [2.75, 3.05) is 48.4 Å². The second kappa shape index (κ2) is 13.3. The van der Waals surface area contributed by atoms with Gasteiger partial charge in [-0.25, -0.2) is 0 Å². The first-order valence-electron chi connectivity index (χ1n) is 13.9. The van der Waals surface area contributed by atoms with Crippen LogP contribution < -0.4 is 28.4 Å². The van der Waals surface area contributed by atoms with Gasteiger partial charge in [-0.1, -0.05) is 24.3 Å². The topological polar surface area (TPSA) is 55.4 Å². The molecule has 0 radical (unpaired) electrons. The molecule has 1 aliphatic rings. The molecule has 0 saturated heterocycles. The Morgan fingerprint density at radius 2 is 1.10 bits per heavy atom. The Balaban J connectivity index is 1.64. The van der Waals surface area contributed by atoms with Crippen LogP contribution in [0.5, 0.6) is 34.5 Å². The molecule has 5 rings (SSSR count). The highest BCUT2D eigenvalue weighted by atomic mass is 32.2. The van der Waals surface area contributed by atoms with E-state index >= 15 is 0 Å². The lowest BCUT2D eigenvalue weighted by atomic mass is 9.78. The van der Waals surface area contributed by atoms with Crippen molar-refractivity contribution >= 4 is 11.8 Å². The Labute approximate surface area is 252 Å². The van der Waals surface area contributed by atoms with Gasteiger partial charge in [0.05, 0.1) is 42.7 Å².